The van der Waals surface area contributed by atoms with Gasteiger partial charge in [-0.15, -0.1) is 0 Å². The summed E-state index contributed by atoms with van der Waals surface area (Å²) in [7, 11) is 2.04. The smallest absolute Gasteiger partial charge is 0.270 e. The van der Waals surface area contributed by atoms with Gasteiger partial charge in [-0.2, -0.15) is 0 Å². The molecule has 0 aromatic carbocycles. The molecule has 1 aromatic rings. The van der Waals surface area contributed by atoms with E-state index in [1.165, 1.54) is 38.4 Å². The lowest BCUT2D eigenvalue weighted by atomic mass is 9.54. The van der Waals surface area contributed by atoms with Crippen LogP contribution in [0.5, 0.6) is 0 Å². The van der Waals surface area contributed by atoms with Crippen molar-refractivity contribution in [3.05, 3.63) is 24.3 Å². The molecule has 0 unspecified atom stereocenters. The number of likely N-dealkylation sites (N-methyl/N-ethyl adjacent to an activating group) is 1. The third-order valence-corrected chi connectivity index (χ3v) is 7.98. The monoisotopic (exact) mass is 411 g/mol. The zero-order chi connectivity index (χ0) is 20.7. The molecule has 7 nitrogen and oxygen atoms in total. The molecule has 1 aliphatic heterocycles. The lowest BCUT2D eigenvalue weighted by molar-refractivity contribution is -0.129. The predicted octanol–water partition coefficient (Wildman–Crippen LogP) is 1.86. The molecule has 0 radical (unpaired) electrons. The molecular weight excluding hydrogens is 378 g/mol. The number of nitrogens with one attached hydrogen (secondary N) is 2. The molecule has 30 heavy (non-hydrogen) atoms. The number of hydrogen-bond donors (Lipinski definition) is 2. The average Bonchev–Trinajstić information content (AvgIpc) is 2.91. The normalized spacial score (nSPS) is 38.1. The van der Waals surface area contributed by atoms with E-state index in [4.69, 9.17) is 0 Å². The molecule has 1 saturated heterocycles. The van der Waals surface area contributed by atoms with Gasteiger partial charge in [0, 0.05) is 31.4 Å². The summed E-state index contributed by atoms with van der Waals surface area (Å²) < 4.78 is 0. The zero-order valence-corrected chi connectivity index (χ0v) is 17.8. The Labute approximate surface area is 178 Å². The van der Waals surface area contributed by atoms with Gasteiger partial charge >= 0.3 is 0 Å². The van der Waals surface area contributed by atoms with Crippen LogP contribution in [0.4, 0.5) is 0 Å². The first-order chi connectivity index (χ1) is 14.5. The van der Waals surface area contributed by atoms with Crippen LogP contribution < -0.4 is 10.6 Å². The lowest BCUT2D eigenvalue weighted by Gasteiger charge is -2.54. The van der Waals surface area contributed by atoms with Crippen molar-refractivity contribution in [1.82, 2.24) is 25.5 Å². The van der Waals surface area contributed by atoms with Crippen molar-refractivity contribution in [1.29, 1.82) is 0 Å². The fourth-order valence-corrected chi connectivity index (χ4v) is 6.87. The van der Waals surface area contributed by atoms with Gasteiger partial charge < -0.3 is 15.5 Å². The summed E-state index contributed by atoms with van der Waals surface area (Å²) in [5, 5.41) is 6.58. The molecule has 2 amide bonds. The molecule has 4 aliphatic carbocycles. The van der Waals surface area contributed by atoms with Crippen molar-refractivity contribution >= 4 is 11.8 Å². The van der Waals surface area contributed by atoms with Crippen molar-refractivity contribution in [3.63, 3.8) is 0 Å². The summed E-state index contributed by atoms with van der Waals surface area (Å²) in [6.07, 6.45) is 11.3. The van der Waals surface area contributed by atoms with Crippen LogP contribution in [0.15, 0.2) is 18.6 Å². The van der Waals surface area contributed by atoms with Gasteiger partial charge in [0.15, 0.2) is 0 Å². The average molecular weight is 412 g/mol. The maximum Gasteiger partial charge on any atom is 0.270 e. The lowest BCUT2D eigenvalue weighted by Crippen LogP contribution is -2.57. The van der Waals surface area contributed by atoms with Crippen LogP contribution >= 0.6 is 0 Å². The first-order valence-corrected chi connectivity index (χ1v) is 11.6. The molecule has 162 valence electrons. The highest BCUT2D eigenvalue weighted by molar-refractivity contribution is 5.92. The summed E-state index contributed by atoms with van der Waals surface area (Å²) in [5.74, 6) is 3.29. The van der Waals surface area contributed by atoms with E-state index in [9.17, 15) is 9.59 Å². The predicted molar refractivity (Wildman–Crippen MR) is 112 cm³/mol. The molecule has 2 atom stereocenters. The molecule has 7 heteroatoms. The van der Waals surface area contributed by atoms with Gasteiger partial charge in [0.2, 0.25) is 5.91 Å². The van der Waals surface area contributed by atoms with E-state index in [0.717, 1.165) is 37.8 Å². The largest absolute Gasteiger partial charge is 0.353 e. The van der Waals surface area contributed by atoms with Crippen LogP contribution in [0.3, 0.4) is 0 Å². The van der Waals surface area contributed by atoms with Crippen molar-refractivity contribution in [3.8, 4) is 0 Å². The Balaban J connectivity index is 1.17. The van der Waals surface area contributed by atoms with Crippen LogP contribution in [-0.2, 0) is 4.79 Å². The summed E-state index contributed by atoms with van der Waals surface area (Å²) >= 11 is 0. The molecular formula is C23H33N5O2. The number of hydrogen-bond acceptors (Lipinski definition) is 5. The van der Waals surface area contributed by atoms with Crippen LogP contribution in [0.25, 0.3) is 0 Å². The number of amides is 2. The van der Waals surface area contributed by atoms with Gasteiger partial charge in [-0.3, -0.25) is 9.59 Å². The standard InChI is InChI=1S/C23H33N5O2/c1-28-11-16(2-3-19(12-28)26-23(30)20-4-5-24-13-25-20)22(29)27-21-17-7-14-6-15(9-17)10-18(21)8-14/h4-5,13-19,21H,2-3,6-12H2,1H3,(H,26,30)(H,27,29)/t14?,15?,16-,17?,18?,19+,21?/m1/s1. The first-order valence-electron chi connectivity index (χ1n) is 11.6. The minimum absolute atomic E-state index is 0.00635. The fraction of sp³-hybridized carbons (Fsp3) is 0.739. The van der Waals surface area contributed by atoms with Crippen molar-refractivity contribution in [2.75, 3.05) is 20.1 Å². The Kier molecular flexibility index (Phi) is 5.48. The van der Waals surface area contributed by atoms with E-state index in [2.05, 4.69) is 25.5 Å². The van der Waals surface area contributed by atoms with Crippen molar-refractivity contribution in [2.24, 2.45) is 29.6 Å². The van der Waals surface area contributed by atoms with Gasteiger partial charge in [0.25, 0.3) is 5.91 Å². The third kappa shape index (κ3) is 4.09. The number of rotatable bonds is 4. The molecule has 2 heterocycles. The first kappa shape index (κ1) is 19.9. The number of carbonyl (C=O) groups is 2. The van der Waals surface area contributed by atoms with E-state index in [0.29, 0.717) is 23.6 Å². The minimum atomic E-state index is -0.174. The second-order valence-corrected chi connectivity index (χ2v) is 10.2. The van der Waals surface area contributed by atoms with Crippen LogP contribution in [0.1, 0.15) is 55.4 Å². The van der Waals surface area contributed by atoms with E-state index >= 15 is 0 Å². The maximum atomic E-state index is 13.2. The van der Waals surface area contributed by atoms with Gasteiger partial charge in [-0.05, 0) is 81.7 Å². The topological polar surface area (TPSA) is 87.2 Å². The van der Waals surface area contributed by atoms with Crippen LogP contribution in [-0.4, -0.2) is 58.9 Å². The molecule has 1 aromatic heterocycles. The molecule has 4 saturated carbocycles. The summed E-state index contributed by atoms with van der Waals surface area (Å²) in [4.78, 5) is 35.7. The second-order valence-electron chi connectivity index (χ2n) is 10.2. The SMILES string of the molecule is CN1C[C@@H](NC(=O)c2ccncn2)CC[C@@H](C(=O)NC2C3CC4CC(C3)CC2C4)C1. The summed E-state index contributed by atoms with van der Waals surface area (Å²) in [6.45, 7) is 1.50. The van der Waals surface area contributed by atoms with E-state index in [1.54, 1.807) is 12.3 Å². The quantitative estimate of drug-likeness (QED) is 0.790. The van der Waals surface area contributed by atoms with Crippen molar-refractivity contribution in [2.45, 2.75) is 57.0 Å². The molecule has 4 bridgehead atoms. The Hall–Kier alpha value is -2.02. The Morgan fingerprint density at radius 1 is 1.00 bits per heavy atom. The Bertz CT molecular complexity index is 757. The highest BCUT2D eigenvalue weighted by atomic mass is 16.2. The fourth-order valence-electron chi connectivity index (χ4n) is 6.87. The second kappa shape index (κ2) is 8.25. The van der Waals surface area contributed by atoms with E-state index in [1.807, 2.05) is 7.05 Å². The van der Waals surface area contributed by atoms with E-state index < -0.39 is 0 Å². The molecule has 6 rings (SSSR count). The summed E-state index contributed by atoms with van der Waals surface area (Å²) in [6, 6.07) is 2.04. The highest BCUT2D eigenvalue weighted by Gasteiger charge is 2.49. The van der Waals surface area contributed by atoms with Crippen LogP contribution in [0, 0.1) is 29.6 Å². The number of aromatic nitrogens is 2. The molecule has 5 fully saturated rings. The number of likely N-dealkylation sites (tertiary alicyclic amines) is 1. The van der Waals surface area contributed by atoms with Gasteiger partial charge in [-0.1, -0.05) is 0 Å². The van der Waals surface area contributed by atoms with E-state index in [-0.39, 0.29) is 23.8 Å². The van der Waals surface area contributed by atoms with Gasteiger partial charge in [0.05, 0.1) is 5.92 Å². The van der Waals surface area contributed by atoms with Crippen LogP contribution in [0.2, 0.25) is 0 Å². The Morgan fingerprint density at radius 2 is 1.73 bits per heavy atom. The number of nitrogens with zero attached hydrogens (tertiary/aromatic N) is 3. The molecule has 0 spiro atoms. The zero-order valence-electron chi connectivity index (χ0n) is 17.8. The summed E-state index contributed by atoms with van der Waals surface area (Å²) in [5.41, 5.74) is 0.382. The third-order valence-electron chi connectivity index (χ3n) is 7.98. The molecule has 2 N–H and O–H groups in total. The maximum absolute atomic E-state index is 13.2. The Morgan fingerprint density at radius 3 is 2.40 bits per heavy atom. The van der Waals surface area contributed by atoms with Gasteiger partial charge in [-0.25, -0.2) is 9.97 Å². The number of carbonyl (C=O) groups excluding carboxylic acids is 2. The molecule has 5 aliphatic rings. The highest BCUT2D eigenvalue weighted by Crippen LogP contribution is 2.53. The van der Waals surface area contributed by atoms with Crippen molar-refractivity contribution < 1.29 is 9.59 Å². The minimum Gasteiger partial charge on any atom is -0.353 e. The van der Waals surface area contributed by atoms with Gasteiger partial charge in [0.1, 0.15) is 12.0 Å².